The van der Waals surface area contributed by atoms with Gasteiger partial charge in [-0.15, -0.1) is 0 Å². The molecule has 144 valence electrons. The Kier molecular flexibility index (Phi) is 6.38. The van der Waals surface area contributed by atoms with Crippen LogP contribution in [0.15, 0.2) is 48.5 Å². The van der Waals surface area contributed by atoms with Crippen LogP contribution in [0.1, 0.15) is 37.3 Å². The van der Waals surface area contributed by atoms with Crippen molar-refractivity contribution in [1.82, 2.24) is 4.90 Å². The van der Waals surface area contributed by atoms with Crippen LogP contribution in [0.3, 0.4) is 0 Å². The maximum atomic E-state index is 12.6. The molecule has 0 atom stereocenters. The number of rotatable bonds is 6. The fourth-order valence-corrected chi connectivity index (χ4v) is 3.57. The van der Waals surface area contributed by atoms with Crippen LogP contribution in [0.25, 0.3) is 0 Å². The van der Waals surface area contributed by atoms with E-state index in [4.69, 9.17) is 4.74 Å². The number of ether oxygens (including phenoxy) is 1. The van der Waals surface area contributed by atoms with Crippen molar-refractivity contribution < 1.29 is 9.53 Å². The molecule has 1 aliphatic rings. The lowest BCUT2D eigenvalue weighted by Crippen LogP contribution is -2.48. The van der Waals surface area contributed by atoms with Gasteiger partial charge in [0.1, 0.15) is 5.75 Å². The number of methoxy groups -OCH3 is 1. The number of amides is 1. The summed E-state index contributed by atoms with van der Waals surface area (Å²) in [5, 5.41) is 0. The molecule has 0 bridgehead atoms. The SMILES string of the molecule is COc1ccccc1N1CCN(C(=O)CCc2ccc(C(C)C)cc2)CC1. The van der Waals surface area contributed by atoms with E-state index in [1.54, 1.807) is 7.11 Å². The van der Waals surface area contributed by atoms with Crippen LogP contribution in [0, 0.1) is 0 Å². The lowest BCUT2D eigenvalue weighted by atomic mass is 10.00. The summed E-state index contributed by atoms with van der Waals surface area (Å²) in [6, 6.07) is 16.7. The summed E-state index contributed by atoms with van der Waals surface area (Å²) in [4.78, 5) is 16.9. The Morgan fingerprint density at radius 3 is 2.30 bits per heavy atom. The van der Waals surface area contributed by atoms with Crippen LogP contribution in [0.4, 0.5) is 5.69 Å². The van der Waals surface area contributed by atoms with E-state index in [0.29, 0.717) is 12.3 Å². The van der Waals surface area contributed by atoms with Gasteiger partial charge in [-0.3, -0.25) is 4.79 Å². The summed E-state index contributed by atoms with van der Waals surface area (Å²) in [6.07, 6.45) is 1.39. The normalized spacial score (nSPS) is 14.5. The average Bonchev–Trinajstić information content (AvgIpc) is 2.72. The van der Waals surface area contributed by atoms with Crippen LogP contribution in [-0.2, 0) is 11.2 Å². The van der Waals surface area contributed by atoms with Gasteiger partial charge in [0.15, 0.2) is 0 Å². The molecule has 3 rings (SSSR count). The molecule has 0 spiro atoms. The number of anilines is 1. The van der Waals surface area contributed by atoms with Gasteiger partial charge in [0.05, 0.1) is 12.8 Å². The zero-order valence-corrected chi connectivity index (χ0v) is 16.6. The van der Waals surface area contributed by atoms with Gasteiger partial charge in [-0.2, -0.15) is 0 Å². The number of carbonyl (C=O) groups excluding carboxylic acids is 1. The van der Waals surface area contributed by atoms with E-state index >= 15 is 0 Å². The second-order valence-electron chi connectivity index (χ2n) is 7.44. The molecule has 2 aromatic carbocycles. The predicted molar refractivity (Wildman–Crippen MR) is 111 cm³/mol. The fraction of sp³-hybridized carbons (Fsp3) is 0.435. The Bertz CT molecular complexity index is 747. The fourth-order valence-electron chi connectivity index (χ4n) is 3.57. The molecule has 2 aromatic rings. The zero-order valence-electron chi connectivity index (χ0n) is 16.6. The number of aryl methyl sites for hydroxylation is 1. The number of carbonyl (C=O) groups is 1. The van der Waals surface area contributed by atoms with Crippen LogP contribution >= 0.6 is 0 Å². The Hall–Kier alpha value is -2.49. The molecule has 27 heavy (non-hydrogen) atoms. The minimum atomic E-state index is 0.252. The van der Waals surface area contributed by atoms with Crippen LogP contribution in [0.5, 0.6) is 5.75 Å². The molecule has 1 aliphatic heterocycles. The van der Waals surface area contributed by atoms with Gasteiger partial charge in [0.25, 0.3) is 0 Å². The first-order valence-electron chi connectivity index (χ1n) is 9.83. The van der Waals surface area contributed by atoms with Gasteiger partial charge in [0.2, 0.25) is 5.91 Å². The molecule has 0 saturated carbocycles. The monoisotopic (exact) mass is 366 g/mol. The van der Waals surface area contributed by atoms with Crippen LogP contribution in [-0.4, -0.2) is 44.1 Å². The summed E-state index contributed by atoms with van der Waals surface area (Å²) in [5.41, 5.74) is 3.69. The highest BCUT2D eigenvalue weighted by Gasteiger charge is 2.22. The Morgan fingerprint density at radius 2 is 1.67 bits per heavy atom. The third kappa shape index (κ3) is 4.82. The van der Waals surface area contributed by atoms with Crippen molar-refractivity contribution in [1.29, 1.82) is 0 Å². The molecule has 0 radical (unpaired) electrons. The van der Waals surface area contributed by atoms with E-state index in [2.05, 4.69) is 49.1 Å². The number of hydrogen-bond donors (Lipinski definition) is 0. The second kappa shape index (κ2) is 8.94. The van der Waals surface area contributed by atoms with E-state index in [0.717, 1.165) is 44.0 Å². The first kappa shape index (κ1) is 19.3. The molecule has 1 saturated heterocycles. The van der Waals surface area contributed by atoms with Crippen molar-refractivity contribution in [3.63, 3.8) is 0 Å². The molecule has 0 aliphatic carbocycles. The van der Waals surface area contributed by atoms with Crippen LogP contribution in [0.2, 0.25) is 0 Å². The van der Waals surface area contributed by atoms with Crippen molar-refractivity contribution in [3.8, 4) is 5.75 Å². The van der Waals surface area contributed by atoms with Crippen molar-refractivity contribution in [2.24, 2.45) is 0 Å². The number of nitrogens with zero attached hydrogens (tertiary/aromatic N) is 2. The van der Waals surface area contributed by atoms with Crippen molar-refractivity contribution in [3.05, 3.63) is 59.7 Å². The first-order chi connectivity index (χ1) is 13.1. The largest absolute Gasteiger partial charge is 0.495 e. The third-order valence-electron chi connectivity index (χ3n) is 5.33. The quantitative estimate of drug-likeness (QED) is 0.772. The molecule has 0 N–H and O–H groups in total. The average molecular weight is 367 g/mol. The highest BCUT2D eigenvalue weighted by molar-refractivity contribution is 5.77. The number of hydrogen-bond acceptors (Lipinski definition) is 3. The maximum Gasteiger partial charge on any atom is 0.223 e. The molecule has 1 amide bonds. The van der Waals surface area contributed by atoms with Gasteiger partial charge >= 0.3 is 0 Å². The van der Waals surface area contributed by atoms with Crippen molar-refractivity contribution in [2.45, 2.75) is 32.6 Å². The highest BCUT2D eigenvalue weighted by atomic mass is 16.5. The van der Waals surface area contributed by atoms with Crippen LogP contribution < -0.4 is 9.64 Å². The molecule has 4 nitrogen and oxygen atoms in total. The number of para-hydroxylation sites is 2. The molecule has 4 heteroatoms. The lowest BCUT2D eigenvalue weighted by Gasteiger charge is -2.36. The zero-order chi connectivity index (χ0) is 19.2. The molecular formula is C23H30N2O2. The van der Waals surface area contributed by atoms with Crippen molar-refractivity contribution >= 4 is 11.6 Å². The highest BCUT2D eigenvalue weighted by Crippen LogP contribution is 2.28. The minimum Gasteiger partial charge on any atom is -0.495 e. The smallest absolute Gasteiger partial charge is 0.223 e. The van der Waals surface area contributed by atoms with E-state index in [-0.39, 0.29) is 5.91 Å². The summed E-state index contributed by atoms with van der Waals surface area (Å²) < 4.78 is 5.46. The standard InChI is InChI=1S/C23H30N2O2/c1-18(2)20-11-8-19(9-12-20)10-13-23(26)25-16-14-24(15-17-25)21-6-4-5-7-22(21)27-3/h4-9,11-12,18H,10,13-17H2,1-3H3. The third-order valence-corrected chi connectivity index (χ3v) is 5.33. The summed E-state index contributed by atoms with van der Waals surface area (Å²) in [7, 11) is 1.70. The van der Waals surface area contributed by atoms with Gasteiger partial charge < -0.3 is 14.5 Å². The molecule has 1 heterocycles. The van der Waals surface area contributed by atoms with Gasteiger partial charge in [0, 0.05) is 32.6 Å². The maximum absolute atomic E-state index is 12.6. The summed E-state index contributed by atoms with van der Waals surface area (Å²) in [6.45, 7) is 7.61. The molecule has 0 aromatic heterocycles. The number of piperazine rings is 1. The Balaban J connectivity index is 1.50. The lowest BCUT2D eigenvalue weighted by molar-refractivity contribution is -0.131. The predicted octanol–water partition coefficient (Wildman–Crippen LogP) is 4.10. The van der Waals surface area contributed by atoms with E-state index in [9.17, 15) is 4.79 Å². The number of benzene rings is 2. The van der Waals surface area contributed by atoms with Gasteiger partial charge in [-0.25, -0.2) is 0 Å². The van der Waals surface area contributed by atoms with Crippen molar-refractivity contribution in [2.75, 3.05) is 38.2 Å². The molecular weight excluding hydrogens is 336 g/mol. The minimum absolute atomic E-state index is 0.252. The summed E-state index contributed by atoms with van der Waals surface area (Å²) >= 11 is 0. The van der Waals surface area contributed by atoms with E-state index < -0.39 is 0 Å². The van der Waals surface area contributed by atoms with Gasteiger partial charge in [-0.1, -0.05) is 50.2 Å². The van der Waals surface area contributed by atoms with E-state index in [1.807, 2.05) is 23.1 Å². The Labute approximate surface area is 162 Å². The van der Waals surface area contributed by atoms with Gasteiger partial charge in [-0.05, 0) is 35.6 Å². The second-order valence-corrected chi connectivity index (χ2v) is 7.44. The topological polar surface area (TPSA) is 32.8 Å². The molecule has 1 fully saturated rings. The first-order valence-corrected chi connectivity index (χ1v) is 9.83. The van der Waals surface area contributed by atoms with E-state index in [1.165, 1.54) is 11.1 Å². The summed E-state index contributed by atoms with van der Waals surface area (Å²) in [5.74, 6) is 1.69. The molecule has 0 unspecified atom stereocenters. The Morgan fingerprint density at radius 1 is 1.00 bits per heavy atom.